The van der Waals surface area contributed by atoms with Crippen molar-refractivity contribution < 1.29 is 4.74 Å². The van der Waals surface area contributed by atoms with Crippen molar-refractivity contribution in [3.05, 3.63) is 5.28 Å². The molecule has 1 aromatic rings. The number of rotatable bonds is 3. The van der Waals surface area contributed by atoms with E-state index in [-0.39, 0.29) is 11.4 Å². The molecule has 2 atom stereocenters. The summed E-state index contributed by atoms with van der Waals surface area (Å²) in [4.78, 5) is 15.0. The van der Waals surface area contributed by atoms with Gasteiger partial charge in [-0.15, -0.1) is 0 Å². The lowest BCUT2D eigenvalue weighted by Crippen LogP contribution is -2.42. The highest BCUT2D eigenvalue weighted by molar-refractivity contribution is 6.28. The van der Waals surface area contributed by atoms with Crippen LogP contribution >= 0.6 is 11.6 Å². The lowest BCUT2D eigenvalue weighted by Gasteiger charge is -2.41. The largest absolute Gasteiger partial charge is 0.461 e. The fraction of sp³-hybridized carbons (Fsp3) is 0.800. The van der Waals surface area contributed by atoms with Crippen molar-refractivity contribution in [2.75, 3.05) is 18.0 Å². The monoisotopic (exact) mass is 310 g/mol. The topological polar surface area (TPSA) is 51.1 Å². The third-order valence-corrected chi connectivity index (χ3v) is 4.66. The van der Waals surface area contributed by atoms with Gasteiger partial charge < -0.3 is 9.64 Å². The standard InChI is InChI=1S/C15H23ClN4O/c1-10(2)21-15-18-13(16)17-14(19-15)20-8-7-11-5-3-4-6-12(11)9-20/h10-12H,3-9H2,1-2H3. The molecule has 1 aliphatic carbocycles. The van der Waals surface area contributed by atoms with Gasteiger partial charge in [0.15, 0.2) is 0 Å². The molecular formula is C15H23ClN4O. The summed E-state index contributed by atoms with van der Waals surface area (Å²) in [6, 6.07) is 0.325. The van der Waals surface area contributed by atoms with Gasteiger partial charge in [-0.1, -0.05) is 19.3 Å². The van der Waals surface area contributed by atoms with Crippen molar-refractivity contribution in [3.63, 3.8) is 0 Å². The van der Waals surface area contributed by atoms with E-state index in [0.29, 0.717) is 12.0 Å². The molecule has 0 bridgehead atoms. The normalized spacial score (nSPS) is 25.8. The molecule has 1 saturated heterocycles. The van der Waals surface area contributed by atoms with Crippen molar-refractivity contribution >= 4 is 17.5 Å². The van der Waals surface area contributed by atoms with Crippen molar-refractivity contribution in [3.8, 4) is 6.01 Å². The van der Waals surface area contributed by atoms with Gasteiger partial charge >= 0.3 is 6.01 Å². The van der Waals surface area contributed by atoms with Gasteiger partial charge in [0, 0.05) is 13.1 Å². The van der Waals surface area contributed by atoms with Crippen LogP contribution in [0.5, 0.6) is 6.01 Å². The molecule has 2 fully saturated rings. The summed E-state index contributed by atoms with van der Waals surface area (Å²) in [5, 5.41) is 0.210. The van der Waals surface area contributed by atoms with Crippen molar-refractivity contribution in [1.82, 2.24) is 15.0 Å². The maximum Gasteiger partial charge on any atom is 0.322 e. The van der Waals surface area contributed by atoms with Crippen molar-refractivity contribution in [2.24, 2.45) is 11.8 Å². The lowest BCUT2D eigenvalue weighted by molar-refractivity contribution is 0.199. The summed E-state index contributed by atoms with van der Waals surface area (Å²) in [5.41, 5.74) is 0. The first-order valence-corrected chi connectivity index (χ1v) is 8.33. The zero-order valence-corrected chi connectivity index (χ0v) is 13.5. The molecule has 5 nitrogen and oxygen atoms in total. The van der Waals surface area contributed by atoms with E-state index in [1.807, 2.05) is 13.8 Å². The minimum absolute atomic E-state index is 0.0281. The first kappa shape index (κ1) is 14.8. The minimum atomic E-state index is 0.0281. The van der Waals surface area contributed by atoms with E-state index in [2.05, 4.69) is 19.9 Å². The van der Waals surface area contributed by atoms with E-state index >= 15 is 0 Å². The van der Waals surface area contributed by atoms with Crippen LogP contribution in [0.4, 0.5) is 5.95 Å². The Balaban J connectivity index is 1.75. The maximum atomic E-state index is 6.02. The molecule has 0 radical (unpaired) electrons. The van der Waals surface area contributed by atoms with Crippen LogP contribution in [0.1, 0.15) is 46.0 Å². The molecule has 1 saturated carbocycles. The van der Waals surface area contributed by atoms with Crippen molar-refractivity contribution in [1.29, 1.82) is 0 Å². The molecule has 0 aromatic carbocycles. The molecule has 3 rings (SSSR count). The fourth-order valence-electron chi connectivity index (χ4n) is 3.51. The Kier molecular flexibility index (Phi) is 4.48. The van der Waals surface area contributed by atoms with E-state index in [1.165, 1.54) is 32.1 Å². The summed E-state index contributed by atoms with van der Waals surface area (Å²) in [5.74, 6) is 2.32. The van der Waals surface area contributed by atoms with Crippen LogP contribution in [-0.2, 0) is 0 Å². The smallest absolute Gasteiger partial charge is 0.322 e. The van der Waals surface area contributed by atoms with E-state index in [0.717, 1.165) is 24.9 Å². The summed E-state index contributed by atoms with van der Waals surface area (Å²) in [6.07, 6.45) is 6.72. The Hall–Kier alpha value is -1.10. The van der Waals surface area contributed by atoms with Gasteiger partial charge in [-0.2, -0.15) is 15.0 Å². The molecule has 2 aliphatic rings. The average molecular weight is 311 g/mol. The number of ether oxygens (including phenoxy) is 1. The van der Waals surface area contributed by atoms with Gasteiger partial charge in [0.1, 0.15) is 0 Å². The fourth-order valence-corrected chi connectivity index (χ4v) is 3.66. The molecule has 116 valence electrons. The number of halogens is 1. The molecule has 1 aliphatic heterocycles. The Labute approximate surface area is 131 Å². The van der Waals surface area contributed by atoms with Crippen molar-refractivity contribution in [2.45, 2.75) is 52.1 Å². The Bertz CT molecular complexity index is 497. The number of hydrogen-bond acceptors (Lipinski definition) is 5. The Morgan fingerprint density at radius 3 is 2.62 bits per heavy atom. The Morgan fingerprint density at radius 2 is 1.86 bits per heavy atom. The molecule has 0 N–H and O–H groups in total. The zero-order chi connectivity index (χ0) is 14.8. The van der Waals surface area contributed by atoms with E-state index in [1.54, 1.807) is 0 Å². The van der Waals surface area contributed by atoms with Crippen LogP contribution in [0.2, 0.25) is 5.28 Å². The first-order valence-electron chi connectivity index (χ1n) is 7.95. The van der Waals surface area contributed by atoms with Gasteiger partial charge in [-0.25, -0.2) is 0 Å². The number of anilines is 1. The predicted molar refractivity (Wildman–Crippen MR) is 82.9 cm³/mol. The summed E-state index contributed by atoms with van der Waals surface area (Å²) >= 11 is 6.02. The number of piperidine rings is 1. The summed E-state index contributed by atoms with van der Waals surface area (Å²) < 4.78 is 5.56. The zero-order valence-electron chi connectivity index (χ0n) is 12.8. The molecule has 6 heteroatoms. The van der Waals surface area contributed by atoms with Gasteiger partial charge in [0.2, 0.25) is 11.2 Å². The first-order chi connectivity index (χ1) is 10.1. The molecule has 2 unspecified atom stereocenters. The van der Waals surface area contributed by atoms with Crippen LogP contribution in [0.3, 0.4) is 0 Å². The van der Waals surface area contributed by atoms with Crippen LogP contribution in [0, 0.1) is 11.8 Å². The van der Waals surface area contributed by atoms with Crippen LogP contribution in [0.15, 0.2) is 0 Å². The van der Waals surface area contributed by atoms with Gasteiger partial charge in [-0.3, -0.25) is 0 Å². The van der Waals surface area contributed by atoms with Gasteiger partial charge in [0.05, 0.1) is 6.10 Å². The second-order valence-electron chi connectivity index (χ2n) is 6.39. The number of aromatic nitrogens is 3. The van der Waals surface area contributed by atoms with Crippen LogP contribution in [0.25, 0.3) is 0 Å². The number of nitrogens with zero attached hydrogens (tertiary/aromatic N) is 4. The predicted octanol–water partition coefficient (Wildman–Crippen LogP) is 3.33. The highest BCUT2D eigenvalue weighted by Crippen LogP contribution is 2.37. The lowest BCUT2D eigenvalue weighted by atomic mass is 9.75. The highest BCUT2D eigenvalue weighted by Gasteiger charge is 2.32. The molecule has 0 amide bonds. The number of hydrogen-bond donors (Lipinski definition) is 0. The summed E-state index contributed by atoms with van der Waals surface area (Å²) in [7, 11) is 0. The van der Waals surface area contributed by atoms with E-state index in [4.69, 9.17) is 16.3 Å². The quantitative estimate of drug-likeness (QED) is 0.857. The van der Waals surface area contributed by atoms with Gasteiger partial charge in [0.25, 0.3) is 0 Å². The van der Waals surface area contributed by atoms with E-state index < -0.39 is 0 Å². The minimum Gasteiger partial charge on any atom is -0.461 e. The molecular weight excluding hydrogens is 288 g/mol. The third-order valence-electron chi connectivity index (χ3n) is 4.49. The highest BCUT2D eigenvalue weighted by atomic mass is 35.5. The second-order valence-corrected chi connectivity index (χ2v) is 6.73. The molecule has 1 aromatic heterocycles. The van der Waals surface area contributed by atoms with Gasteiger partial charge in [-0.05, 0) is 50.1 Å². The molecule has 21 heavy (non-hydrogen) atoms. The van der Waals surface area contributed by atoms with Crippen LogP contribution < -0.4 is 9.64 Å². The third kappa shape index (κ3) is 3.57. The molecule has 2 heterocycles. The van der Waals surface area contributed by atoms with E-state index in [9.17, 15) is 0 Å². The second kappa shape index (κ2) is 6.34. The van der Waals surface area contributed by atoms with Crippen LogP contribution in [-0.4, -0.2) is 34.1 Å². The maximum absolute atomic E-state index is 6.02. The molecule has 0 spiro atoms. The summed E-state index contributed by atoms with van der Waals surface area (Å²) in [6.45, 7) is 5.94. The SMILES string of the molecule is CC(C)Oc1nc(Cl)nc(N2CCC3CCCCC3C2)n1. The Morgan fingerprint density at radius 1 is 1.10 bits per heavy atom. The number of fused-ring (bicyclic) bond motifs is 1. The average Bonchev–Trinajstić information content (AvgIpc) is 2.45.